The van der Waals surface area contributed by atoms with Crippen LogP contribution in [-0.2, 0) is 0 Å². The second-order valence-corrected chi connectivity index (χ2v) is 10.8. The van der Waals surface area contributed by atoms with Gasteiger partial charge in [0.25, 0.3) is 5.91 Å². The highest BCUT2D eigenvalue weighted by Gasteiger charge is 2.44. The number of carbonyl (C=O) groups excluding carboxylic acids is 1. The Morgan fingerprint density at radius 2 is 1.82 bits per heavy atom. The van der Waals surface area contributed by atoms with Gasteiger partial charge in [-0.15, -0.1) is 0 Å². The van der Waals surface area contributed by atoms with Gasteiger partial charge in [-0.05, 0) is 74.2 Å². The lowest BCUT2D eigenvalue weighted by Gasteiger charge is -2.26. The predicted octanol–water partition coefficient (Wildman–Crippen LogP) is 7.44. The lowest BCUT2D eigenvalue weighted by molar-refractivity contribution is 0.0971. The van der Waals surface area contributed by atoms with Crippen LogP contribution in [0, 0.1) is 12.8 Å². The Kier molecular flexibility index (Phi) is 7.30. The largest absolute Gasteiger partial charge is 0.490 e. The fraction of sp³-hybridized carbons (Fsp3) is 0.290. The molecule has 7 heteroatoms. The molecule has 0 fully saturated rings. The molecule has 0 saturated heterocycles. The summed E-state index contributed by atoms with van der Waals surface area (Å²) in [5.41, 5.74) is 2.83. The van der Waals surface area contributed by atoms with E-state index in [0.29, 0.717) is 52.9 Å². The van der Waals surface area contributed by atoms with Gasteiger partial charge in [0.2, 0.25) is 5.76 Å². The highest BCUT2D eigenvalue weighted by molar-refractivity contribution is 9.10. The fourth-order valence-corrected chi connectivity index (χ4v) is 5.17. The van der Waals surface area contributed by atoms with Crippen molar-refractivity contribution in [3.8, 4) is 11.5 Å². The Hall–Kier alpha value is -3.58. The number of benzene rings is 3. The van der Waals surface area contributed by atoms with E-state index in [1.54, 1.807) is 11.0 Å². The van der Waals surface area contributed by atoms with Gasteiger partial charge in [-0.2, -0.15) is 0 Å². The molecule has 4 aromatic rings. The van der Waals surface area contributed by atoms with Gasteiger partial charge in [-0.3, -0.25) is 14.5 Å². The second kappa shape index (κ2) is 10.7. The van der Waals surface area contributed by atoms with Crippen LogP contribution < -0.4 is 19.8 Å². The van der Waals surface area contributed by atoms with Gasteiger partial charge >= 0.3 is 0 Å². The summed E-state index contributed by atoms with van der Waals surface area (Å²) in [6.07, 6.45) is 0.919. The average Bonchev–Trinajstić information content (AvgIpc) is 3.18. The molecule has 3 aromatic carbocycles. The van der Waals surface area contributed by atoms with Crippen molar-refractivity contribution < 1.29 is 18.7 Å². The van der Waals surface area contributed by atoms with E-state index in [1.807, 2.05) is 68.4 Å². The number of hydrogen-bond donors (Lipinski definition) is 0. The first kappa shape index (κ1) is 26.0. The van der Waals surface area contributed by atoms with Crippen LogP contribution in [0.3, 0.4) is 0 Å². The minimum Gasteiger partial charge on any atom is -0.490 e. The van der Waals surface area contributed by atoms with Crippen molar-refractivity contribution in [2.24, 2.45) is 5.92 Å². The molecule has 0 saturated carbocycles. The molecule has 0 spiro atoms. The van der Waals surface area contributed by atoms with Crippen molar-refractivity contribution in [2.75, 3.05) is 18.1 Å². The number of carbonyl (C=O) groups is 1. The van der Waals surface area contributed by atoms with Gasteiger partial charge < -0.3 is 13.9 Å². The maximum atomic E-state index is 13.9. The summed E-state index contributed by atoms with van der Waals surface area (Å²) in [6.45, 7) is 9.16. The second-order valence-electron chi connectivity index (χ2n) is 9.90. The molecule has 1 aliphatic heterocycles. The number of anilines is 1. The van der Waals surface area contributed by atoms with E-state index < -0.39 is 6.04 Å². The van der Waals surface area contributed by atoms with Gasteiger partial charge in [0.05, 0.1) is 30.2 Å². The number of rotatable bonds is 8. The molecular weight excluding hydrogens is 546 g/mol. The highest BCUT2D eigenvalue weighted by atomic mass is 79.9. The molecule has 1 amide bonds. The zero-order chi connectivity index (χ0) is 27.0. The third kappa shape index (κ3) is 4.83. The Morgan fingerprint density at radius 1 is 1.00 bits per heavy atom. The number of ether oxygens (including phenoxy) is 2. The third-order valence-electron chi connectivity index (χ3n) is 6.65. The predicted molar refractivity (Wildman–Crippen MR) is 153 cm³/mol. The van der Waals surface area contributed by atoms with E-state index >= 15 is 0 Å². The quantitative estimate of drug-likeness (QED) is 0.218. The molecule has 6 nitrogen and oxygen atoms in total. The van der Waals surface area contributed by atoms with Crippen LogP contribution in [0.5, 0.6) is 11.5 Å². The fourth-order valence-electron chi connectivity index (χ4n) is 4.78. The first-order chi connectivity index (χ1) is 18.3. The number of aryl methyl sites for hydroxylation is 1. The number of amides is 1. The molecule has 38 heavy (non-hydrogen) atoms. The van der Waals surface area contributed by atoms with Gasteiger partial charge in [-0.25, -0.2) is 0 Å². The van der Waals surface area contributed by atoms with Gasteiger partial charge in [0.1, 0.15) is 5.58 Å². The number of hydrogen-bond acceptors (Lipinski definition) is 5. The number of fused-ring (bicyclic) bond motifs is 2. The van der Waals surface area contributed by atoms with Crippen molar-refractivity contribution in [2.45, 2.75) is 40.2 Å². The standard InChI is InChI=1S/C31H30BrNO5/c1-5-36-26-16-20(10-12-25(26)37-14-13-18(2)3)28-27-29(34)23-15-19(4)9-11-24(23)38-30(27)31(35)33(28)22-8-6-7-21(32)17-22/h6-12,15-18,28H,5,13-14H2,1-4H3. The smallest absolute Gasteiger partial charge is 0.295 e. The zero-order valence-corrected chi connectivity index (χ0v) is 23.5. The maximum Gasteiger partial charge on any atom is 0.295 e. The molecule has 0 N–H and O–H groups in total. The topological polar surface area (TPSA) is 69.0 Å². The van der Waals surface area contributed by atoms with Gasteiger partial charge in [-0.1, -0.05) is 53.5 Å². The first-order valence-electron chi connectivity index (χ1n) is 12.8. The van der Waals surface area contributed by atoms with Crippen LogP contribution in [0.4, 0.5) is 5.69 Å². The molecule has 0 bridgehead atoms. The number of nitrogens with zero attached hydrogens (tertiary/aromatic N) is 1. The molecule has 1 aromatic heterocycles. The zero-order valence-electron chi connectivity index (χ0n) is 21.9. The van der Waals surface area contributed by atoms with Crippen LogP contribution in [0.15, 0.2) is 74.3 Å². The average molecular weight is 576 g/mol. The van der Waals surface area contributed by atoms with E-state index in [4.69, 9.17) is 13.9 Å². The van der Waals surface area contributed by atoms with Crippen LogP contribution in [-0.4, -0.2) is 19.1 Å². The van der Waals surface area contributed by atoms with Crippen LogP contribution in [0.1, 0.15) is 60.5 Å². The summed E-state index contributed by atoms with van der Waals surface area (Å²) < 4.78 is 18.9. The lowest BCUT2D eigenvalue weighted by atomic mass is 9.97. The minimum absolute atomic E-state index is 0.0616. The minimum atomic E-state index is -0.697. The van der Waals surface area contributed by atoms with Crippen molar-refractivity contribution in [3.05, 3.63) is 97.8 Å². The van der Waals surface area contributed by atoms with E-state index in [1.165, 1.54) is 0 Å². The molecule has 1 aliphatic rings. The van der Waals surface area contributed by atoms with Crippen molar-refractivity contribution in [1.29, 1.82) is 0 Å². The molecule has 1 unspecified atom stereocenters. The van der Waals surface area contributed by atoms with Crippen LogP contribution in [0.25, 0.3) is 11.0 Å². The van der Waals surface area contributed by atoms with E-state index in [-0.39, 0.29) is 17.1 Å². The Balaban J connectivity index is 1.70. The summed E-state index contributed by atoms with van der Waals surface area (Å²) in [4.78, 5) is 29.4. The first-order valence-corrected chi connectivity index (χ1v) is 13.6. The molecule has 0 radical (unpaired) electrons. The molecular formula is C31H30BrNO5. The van der Waals surface area contributed by atoms with E-state index in [0.717, 1.165) is 22.0 Å². The SMILES string of the molecule is CCOc1cc(C2c3c(oc4ccc(C)cc4c3=O)C(=O)N2c2cccc(Br)c2)ccc1OCCC(C)C. The highest BCUT2D eigenvalue weighted by Crippen LogP contribution is 2.43. The third-order valence-corrected chi connectivity index (χ3v) is 7.14. The molecule has 196 valence electrons. The van der Waals surface area contributed by atoms with Crippen molar-refractivity contribution >= 4 is 38.5 Å². The summed E-state index contributed by atoms with van der Waals surface area (Å²) in [7, 11) is 0. The maximum absolute atomic E-state index is 13.9. The molecule has 2 heterocycles. The molecule has 1 atom stereocenters. The summed E-state index contributed by atoms with van der Waals surface area (Å²) in [5.74, 6) is 1.42. The summed E-state index contributed by atoms with van der Waals surface area (Å²) in [5, 5.41) is 0.455. The van der Waals surface area contributed by atoms with Crippen molar-refractivity contribution in [1.82, 2.24) is 0 Å². The Labute approximate surface area is 230 Å². The van der Waals surface area contributed by atoms with Gasteiger partial charge in [0.15, 0.2) is 16.9 Å². The lowest BCUT2D eigenvalue weighted by Crippen LogP contribution is -2.29. The Morgan fingerprint density at radius 3 is 2.55 bits per heavy atom. The molecule has 0 aliphatic carbocycles. The van der Waals surface area contributed by atoms with E-state index in [2.05, 4.69) is 29.8 Å². The van der Waals surface area contributed by atoms with Crippen LogP contribution >= 0.6 is 15.9 Å². The normalized spacial score (nSPS) is 14.8. The Bertz CT molecular complexity index is 1570. The summed E-state index contributed by atoms with van der Waals surface area (Å²) in [6, 6.07) is 17.8. The van der Waals surface area contributed by atoms with Crippen LogP contribution in [0.2, 0.25) is 0 Å². The summed E-state index contributed by atoms with van der Waals surface area (Å²) >= 11 is 3.51. The van der Waals surface area contributed by atoms with Gasteiger partial charge in [0, 0.05) is 10.2 Å². The molecule has 5 rings (SSSR count). The number of halogens is 1. The van der Waals surface area contributed by atoms with Crippen molar-refractivity contribution in [3.63, 3.8) is 0 Å². The van der Waals surface area contributed by atoms with E-state index in [9.17, 15) is 9.59 Å². The monoisotopic (exact) mass is 575 g/mol.